The Morgan fingerprint density at radius 3 is 2.92 bits per heavy atom. The third-order valence-electron chi connectivity index (χ3n) is 3.97. The maximum absolute atomic E-state index is 12.5. The Bertz CT molecular complexity index is 777. The molecule has 25 heavy (non-hydrogen) atoms. The van der Waals surface area contributed by atoms with Gasteiger partial charge in [0.25, 0.3) is 0 Å². The predicted octanol–water partition coefficient (Wildman–Crippen LogP) is 1.91. The molecular weight excluding hydrogens is 340 g/mol. The zero-order valence-electron chi connectivity index (χ0n) is 14.2. The summed E-state index contributed by atoms with van der Waals surface area (Å²) in [6.07, 6.45) is 0.192. The van der Waals surface area contributed by atoms with Crippen molar-refractivity contribution < 1.29 is 14.3 Å². The summed E-state index contributed by atoms with van der Waals surface area (Å²) in [5.74, 6) is 0.157. The highest BCUT2D eigenvalue weighted by Crippen LogP contribution is 2.27. The molecule has 1 saturated heterocycles. The summed E-state index contributed by atoms with van der Waals surface area (Å²) in [5.41, 5.74) is 0.915. The number of aryl methyl sites for hydroxylation is 1. The number of amides is 2. The highest BCUT2D eigenvalue weighted by molar-refractivity contribution is 7.15. The summed E-state index contributed by atoms with van der Waals surface area (Å²) in [5, 5.41) is 12.2. The van der Waals surface area contributed by atoms with Crippen molar-refractivity contribution in [2.45, 2.75) is 26.8 Å². The van der Waals surface area contributed by atoms with Crippen LogP contribution in [0, 0.1) is 12.8 Å². The first-order valence-corrected chi connectivity index (χ1v) is 8.99. The van der Waals surface area contributed by atoms with Crippen LogP contribution in [0.2, 0.25) is 0 Å². The van der Waals surface area contributed by atoms with E-state index in [1.54, 1.807) is 4.90 Å². The van der Waals surface area contributed by atoms with E-state index in [0.717, 1.165) is 16.3 Å². The number of ether oxygens (including phenoxy) is 1. The van der Waals surface area contributed by atoms with Crippen LogP contribution in [0.5, 0.6) is 5.75 Å². The molecule has 0 spiro atoms. The largest absolute Gasteiger partial charge is 0.494 e. The van der Waals surface area contributed by atoms with Crippen molar-refractivity contribution in [3.05, 3.63) is 34.8 Å². The predicted molar refractivity (Wildman–Crippen MR) is 94.6 cm³/mol. The van der Waals surface area contributed by atoms with Crippen molar-refractivity contribution in [2.75, 3.05) is 18.1 Å². The summed E-state index contributed by atoms with van der Waals surface area (Å²) in [7, 11) is 0. The lowest BCUT2D eigenvalue weighted by molar-refractivity contribution is -0.126. The Kier molecular flexibility index (Phi) is 5.28. The lowest BCUT2D eigenvalue weighted by Crippen LogP contribution is -2.32. The molecule has 1 atom stereocenters. The van der Waals surface area contributed by atoms with E-state index in [9.17, 15) is 9.59 Å². The quantitative estimate of drug-likeness (QED) is 0.851. The van der Waals surface area contributed by atoms with Gasteiger partial charge in [-0.3, -0.25) is 14.5 Å². The monoisotopic (exact) mass is 360 g/mol. The number of nitrogens with one attached hydrogen (secondary N) is 1. The number of nitrogens with zero attached hydrogens (tertiary/aromatic N) is 3. The number of hydrogen-bond donors (Lipinski definition) is 1. The van der Waals surface area contributed by atoms with Gasteiger partial charge in [-0.1, -0.05) is 29.5 Å². The van der Waals surface area contributed by atoms with Gasteiger partial charge < -0.3 is 10.1 Å². The molecule has 3 rings (SSSR count). The standard InChI is InChI=1S/C17H20N4O3S/c1-3-24-14-7-5-4-6-12(14)9-18-16(23)13-8-15(22)21(10-13)17-20-19-11(2)25-17/h4-7,13H,3,8-10H2,1-2H3,(H,18,23). The number of rotatable bonds is 6. The molecule has 1 aliphatic heterocycles. The summed E-state index contributed by atoms with van der Waals surface area (Å²) in [4.78, 5) is 26.2. The molecule has 1 unspecified atom stereocenters. The minimum absolute atomic E-state index is 0.0917. The van der Waals surface area contributed by atoms with Gasteiger partial charge in [-0.25, -0.2) is 0 Å². The Labute approximate surface area is 150 Å². The fourth-order valence-electron chi connectivity index (χ4n) is 2.74. The Balaban J connectivity index is 1.60. The zero-order chi connectivity index (χ0) is 17.8. The average molecular weight is 360 g/mol. The average Bonchev–Trinajstić information content (AvgIpc) is 3.19. The number of anilines is 1. The first-order chi connectivity index (χ1) is 12.1. The smallest absolute Gasteiger partial charge is 0.229 e. The molecule has 132 valence electrons. The van der Waals surface area contributed by atoms with Gasteiger partial charge in [-0.05, 0) is 19.9 Å². The summed E-state index contributed by atoms with van der Waals surface area (Å²) >= 11 is 1.35. The molecule has 1 fully saturated rings. The maximum atomic E-state index is 12.5. The molecule has 1 aliphatic rings. The molecule has 2 amide bonds. The second kappa shape index (κ2) is 7.60. The van der Waals surface area contributed by atoms with E-state index in [0.29, 0.717) is 24.8 Å². The van der Waals surface area contributed by atoms with E-state index >= 15 is 0 Å². The number of hydrogen-bond acceptors (Lipinski definition) is 6. The molecule has 8 heteroatoms. The van der Waals surface area contributed by atoms with E-state index in [1.165, 1.54) is 11.3 Å². The number of para-hydroxylation sites is 1. The van der Waals surface area contributed by atoms with Crippen molar-refractivity contribution in [1.82, 2.24) is 15.5 Å². The van der Waals surface area contributed by atoms with Crippen molar-refractivity contribution in [3.8, 4) is 5.75 Å². The molecular formula is C17H20N4O3S. The summed E-state index contributed by atoms with van der Waals surface area (Å²) in [6.45, 7) is 5.04. The lowest BCUT2D eigenvalue weighted by atomic mass is 10.1. The number of aromatic nitrogens is 2. The highest BCUT2D eigenvalue weighted by atomic mass is 32.1. The second-order valence-electron chi connectivity index (χ2n) is 5.77. The minimum Gasteiger partial charge on any atom is -0.494 e. The first-order valence-electron chi connectivity index (χ1n) is 8.17. The van der Waals surface area contributed by atoms with Gasteiger partial charge in [0, 0.05) is 25.1 Å². The summed E-state index contributed by atoms with van der Waals surface area (Å²) in [6, 6.07) is 7.60. The van der Waals surface area contributed by atoms with Crippen molar-refractivity contribution in [3.63, 3.8) is 0 Å². The van der Waals surface area contributed by atoms with Crippen molar-refractivity contribution >= 4 is 28.3 Å². The van der Waals surface area contributed by atoms with E-state index in [4.69, 9.17) is 4.74 Å². The zero-order valence-corrected chi connectivity index (χ0v) is 15.0. The van der Waals surface area contributed by atoms with Crippen LogP contribution in [-0.2, 0) is 16.1 Å². The van der Waals surface area contributed by atoms with Gasteiger partial charge in [0.05, 0.1) is 12.5 Å². The topological polar surface area (TPSA) is 84.4 Å². The molecule has 0 aliphatic carbocycles. The Morgan fingerprint density at radius 2 is 2.20 bits per heavy atom. The second-order valence-corrected chi connectivity index (χ2v) is 6.93. The van der Waals surface area contributed by atoms with Crippen LogP contribution in [0.3, 0.4) is 0 Å². The van der Waals surface area contributed by atoms with Crippen molar-refractivity contribution in [2.24, 2.45) is 5.92 Å². The van der Waals surface area contributed by atoms with Gasteiger partial charge in [0.2, 0.25) is 16.9 Å². The van der Waals surface area contributed by atoms with Gasteiger partial charge in [0.1, 0.15) is 10.8 Å². The Hall–Kier alpha value is -2.48. The molecule has 0 bridgehead atoms. The third kappa shape index (κ3) is 3.96. The van der Waals surface area contributed by atoms with Crippen LogP contribution in [0.25, 0.3) is 0 Å². The van der Waals surface area contributed by atoms with Gasteiger partial charge in [-0.2, -0.15) is 0 Å². The van der Waals surface area contributed by atoms with E-state index < -0.39 is 0 Å². The number of benzene rings is 1. The van der Waals surface area contributed by atoms with Gasteiger partial charge in [0.15, 0.2) is 0 Å². The molecule has 1 aromatic carbocycles. The van der Waals surface area contributed by atoms with E-state index in [-0.39, 0.29) is 24.2 Å². The Morgan fingerprint density at radius 1 is 1.40 bits per heavy atom. The molecule has 0 radical (unpaired) electrons. The molecule has 7 nitrogen and oxygen atoms in total. The third-order valence-corrected chi connectivity index (χ3v) is 4.83. The van der Waals surface area contributed by atoms with Crippen molar-refractivity contribution in [1.29, 1.82) is 0 Å². The van der Waals surface area contributed by atoms with Crippen LogP contribution >= 0.6 is 11.3 Å². The first kappa shape index (κ1) is 17.3. The van der Waals surface area contributed by atoms with Crippen LogP contribution in [0.4, 0.5) is 5.13 Å². The summed E-state index contributed by atoms with van der Waals surface area (Å²) < 4.78 is 5.56. The van der Waals surface area contributed by atoms with Crippen LogP contribution in [0.15, 0.2) is 24.3 Å². The molecule has 0 saturated carbocycles. The molecule has 2 heterocycles. The molecule has 2 aromatic rings. The normalized spacial score (nSPS) is 17.0. The van der Waals surface area contributed by atoms with Crippen LogP contribution < -0.4 is 15.0 Å². The maximum Gasteiger partial charge on any atom is 0.229 e. The van der Waals surface area contributed by atoms with Crippen LogP contribution in [-0.4, -0.2) is 35.2 Å². The van der Waals surface area contributed by atoms with E-state index in [2.05, 4.69) is 15.5 Å². The fraction of sp³-hybridized carbons (Fsp3) is 0.412. The molecule has 1 aromatic heterocycles. The van der Waals surface area contributed by atoms with Gasteiger partial charge in [-0.15, -0.1) is 10.2 Å². The van der Waals surface area contributed by atoms with Crippen LogP contribution in [0.1, 0.15) is 23.9 Å². The van der Waals surface area contributed by atoms with Gasteiger partial charge >= 0.3 is 0 Å². The number of carbonyl (C=O) groups excluding carboxylic acids is 2. The fourth-order valence-corrected chi connectivity index (χ4v) is 3.45. The number of carbonyl (C=O) groups is 2. The highest BCUT2D eigenvalue weighted by Gasteiger charge is 2.36. The van der Waals surface area contributed by atoms with E-state index in [1.807, 2.05) is 38.1 Å². The molecule has 1 N–H and O–H groups in total. The SMILES string of the molecule is CCOc1ccccc1CNC(=O)C1CC(=O)N(c2nnc(C)s2)C1. The minimum atomic E-state index is -0.379. The lowest BCUT2D eigenvalue weighted by Gasteiger charge is -2.14.